The zero-order valence-electron chi connectivity index (χ0n) is 13.0. The number of aliphatic hydroxyl groups excluding tert-OH is 1. The lowest BCUT2D eigenvalue weighted by Crippen LogP contribution is -2.47. The number of aliphatic hydroxyl groups is 1. The minimum Gasteiger partial charge on any atom is -0.396 e. The SMILES string of the molecule is O=C(NCC1CC(C2CCC2)C1)NC1CCC(CO)CC1. The van der Waals surface area contributed by atoms with E-state index in [1.165, 1.54) is 32.1 Å². The fourth-order valence-corrected chi connectivity index (χ4v) is 4.21. The van der Waals surface area contributed by atoms with E-state index in [4.69, 9.17) is 5.11 Å². The van der Waals surface area contributed by atoms with Crippen molar-refractivity contribution < 1.29 is 9.90 Å². The van der Waals surface area contributed by atoms with Crippen molar-refractivity contribution in [2.24, 2.45) is 23.7 Å². The summed E-state index contributed by atoms with van der Waals surface area (Å²) in [7, 11) is 0. The molecule has 3 aliphatic carbocycles. The Morgan fingerprint density at radius 2 is 1.67 bits per heavy atom. The Bertz CT molecular complexity index is 343. The van der Waals surface area contributed by atoms with E-state index in [1.807, 2.05) is 0 Å². The molecule has 4 heteroatoms. The highest BCUT2D eigenvalue weighted by molar-refractivity contribution is 5.74. The van der Waals surface area contributed by atoms with Crippen molar-refractivity contribution in [1.29, 1.82) is 0 Å². The van der Waals surface area contributed by atoms with Gasteiger partial charge in [-0.15, -0.1) is 0 Å². The average molecular weight is 294 g/mol. The van der Waals surface area contributed by atoms with E-state index >= 15 is 0 Å². The van der Waals surface area contributed by atoms with E-state index in [2.05, 4.69) is 10.6 Å². The van der Waals surface area contributed by atoms with Crippen LogP contribution in [0.4, 0.5) is 4.79 Å². The highest BCUT2D eigenvalue weighted by Crippen LogP contribution is 2.46. The Balaban J connectivity index is 1.25. The van der Waals surface area contributed by atoms with E-state index in [9.17, 15) is 4.79 Å². The number of carbonyl (C=O) groups excluding carboxylic acids is 1. The number of nitrogens with one attached hydrogen (secondary N) is 2. The van der Waals surface area contributed by atoms with Gasteiger partial charge in [0.1, 0.15) is 0 Å². The third-order valence-corrected chi connectivity index (χ3v) is 6.08. The minimum absolute atomic E-state index is 0.00884. The number of hydrogen-bond acceptors (Lipinski definition) is 2. The molecule has 0 atom stereocenters. The normalized spacial score (nSPS) is 36.4. The number of carbonyl (C=O) groups is 1. The van der Waals surface area contributed by atoms with Crippen molar-refractivity contribution in [1.82, 2.24) is 10.6 Å². The molecule has 2 amide bonds. The third-order valence-electron chi connectivity index (χ3n) is 6.08. The van der Waals surface area contributed by atoms with Gasteiger partial charge >= 0.3 is 6.03 Å². The second-order valence-electron chi connectivity index (χ2n) is 7.54. The summed E-state index contributed by atoms with van der Waals surface area (Å²) >= 11 is 0. The van der Waals surface area contributed by atoms with Crippen molar-refractivity contribution in [2.75, 3.05) is 13.2 Å². The van der Waals surface area contributed by atoms with Gasteiger partial charge in [0.2, 0.25) is 0 Å². The molecular formula is C17H30N2O2. The first-order valence-electron chi connectivity index (χ1n) is 8.89. The molecule has 3 aliphatic rings. The van der Waals surface area contributed by atoms with Crippen LogP contribution < -0.4 is 10.6 Å². The van der Waals surface area contributed by atoms with Crippen LogP contribution in [0.25, 0.3) is 0 Å². The van der Waals surface area contributed by atoms with Gasteiger partial charge in [0.05, 0.1) is 0 Å². The topological polar surface area (TPSA) is 61.4 Å². The Hall–Kier alpha value is -0.770. The molecule has 0 aromatic rings. The molecule has 0 unspecified atom stereocenters. The van der Waals surface area contributed by atoms with E-state index < -0.39 is 0 Å². The lowest BCUT2D eigenvalue weighted by molar-refractivity contribution is 0.0747. The number of amides is 2. The zero-order valence-corrected chi connectivity index (χ0v) is 13.0. The van der Waals surface area contributed by atoms with Crippen molar-refractivity contribution in [3.05, 3.63) is 0 Å². The fraction of sp³-hybridized carbons (Fsp3) is 0.941. The molecule has 3 N–H and O–H groups in total. The largest absolute Gasteiger partial charge is 0.396 e. The molecule has 0 radical (unpaired) electrons. The third kappa shape index (κ3) is 3.91. The summed E-state index contributed by atoms with van der Waals surface area (Å²) in [6.45, 7) is 1.14. The van der Waals surface area contributed by atoms with Gasteiger partial charge in [0, 0.05) is 19.2 Å². The summed E-state index contributed by atoms with van der Waals surface area (Å²) in [4.78, 5) is 11.9. The molecule has 120 valence electrons. The van der Waals surface area contributed by atoms with E-state index in [0.717, 1.165) is 44.1 Å². The predicted molar refractivity (Wildman–Crippen MR) is 82.9 cm³/mol. The van der Waals surface area contributed by atoms with Crippen LogP contribution in [0.15, 0.2) is 0 Å². The van der Waals surface area contributed by atoms with E-state index in [1.54, 1.807) is 0 Å². The summed E-state index contributed by atoms with van der Waals surface area (Å²) in [5, 5.41) is 15.3. The van der Waals surface area contributed by atoms with Crippen LogP contribution in [0, 0.1) is 23.7 Å². The number of hydrogen-bond donors (Lipinski definition) is 3. The van der Waals surface area contributed by atoms with E-state index in [0.29, 0.717) is 24.5 Å². The molecule has 0 aromatic carbocycles. The maximum atomic E-state index is 11.9. The fourth-order valence-electron chi connectivity index (χ4n) is 4.21. The molecule has 21 heavy (non-hydrogen) atoms. The van der Waals surface area contributed by atoms with Crippen LogP contribution >= 0.6 is 0 Å². The maximum Gasteiger partial charge on any atom is 0.315 e. The Morgan fingerprint density at radius 1 is 0.952 bits per heavy atom. The second kappa shape index (κ2) is 6.99. The lowest BCUT2D eigenvalue weighted by atomic mass is 9.62. The predicted octanol–water partition coefficient (Wildman–Crippen LogP) is 2.66. The zero-order chi connectivity index (χ0) is 14.7. The molecule has 0 aliphatic heterocycles. The van der Waals surface area contributed by atoms with Crippen molar-refractivity contribution in [2.45, 2.75) is 63.8 Å². The second-order valence-corrected chi connectivity index (χ2v) is 7.54. The van der Waals surface area contributed by atoms with Crippen molar-refractivity contribution in [3.8, 4) is 0 Å². The summed E-state index contributed by atoms with van der Waals surface area (Å²) in [5.41, 5.74) is 0. The minimum atomic E-state index is 0.00884. The number of urea groups is 1. The maximum absolute atomic E-state index is 11.9. The molecule has 0 heterocycles. The van der Waals surface area contributed by atoms with Crippen LogP contribution in [0.1, 0.15) is 57.8 Å². The summed E-state index contributed by atoms with van der Waals surface area (Å²) in [6, 6.07) is 0.312. The molecule has 0 saturated heterocycles. The monoisotopic (exact) mass is 294 g/mol. The first kappa shape index (κ1) is 15.1. The Labute approximate surface area is 128 Å². The van der Waals surface area contributed by atoms with Gasteiger partial charge in [-0.1, -0.05) is 19.3 Å². The van der Waals surface area contributed by atoms with Crippen molar-refractivity contribution in [3.63, 3.8) is 0 Å². The molecular weight excluding hydrogens is 264 g/mol. The van der Waals surface area contributed by atoms with Gasteiger partial charge in [-0.2, -0.15) is 0 Å². The molecule has 0 bridgehead atoms. The highest BCUT2D eigenvalue weighted by atomic mass is 16.3. The quantitative estimate of drug-likeness (QED) is 0.730. The molecule has 3 fully saturated rings. The first-order valence-corrected chi connectivity index (χ1v) is 8.89. The van der Waals surface area contributed by atoms with Gasteiger partial charge in [-0.3, -0.25) is 0 Å². The van der Waals surface area contributed by atoms with Crippen LogP contribution in [0.2, 0.25) is 0 Å². The van der Waals surface area contributed by atoms with Gasteiger partial charge in [0.25, 0.3) is 0 Å². The molecule has 3 saturated carbocycles. The van der Waals surface area contributed by atoms with Crippen LogP contribution in [-0.4, -0.2) is 30.3 Å². The molecule has 4 nitrogen and oxygen atoms in total. The highest BCUT2D eigenvalue weighted by Gasteiger charge is 2.37. The smallest absolute Gasteiger partial charge is 0.315 e. The molecule has 3 rings (SSSR count). The average Bonchev–Trinajstić information content (AvgIpc) is 2.40. The van der Waals surface area contributed by atoms with Gasteiger partial charge in [-0.05, 0) is 62.2 Å². The first-order chi connectivity index (χ1) is 10.2. The number of rotatable bonds is 5. The standard InChI is InChI=1S/C17H30N2O2/c20-11-12-4-6-16(7-5-12)19-17(21)18-10-13-8-15(9-13)14-2-1-3-14/h12-16,20H,1-11H2,(H2,18,19,21). The Morgan fingerprint density at radius 3 is 2.24 bits per heavy atom. The Kier molecular flexibility index (Phi) is 5.04. The summed E-state index contributed by atoms with van der Waals surface area (Å²) in [6.07, 6.45) is 11.1. The van der Waals surface area contributed by atoms with Crippen molar-refractivity contribution >= 4 is 6.03 Å². The van der Waals surface area contributed by atoms with Gasteiger partial charge in [0.15, 0.2) is 0 Å². The van der Waals surface area contributed by atoms with Gasteiger partial charge < -0.3 is 15.7 Å². The lowest BCUT2D eigenvalue weighted by Gasteiger charge is -2.44. The van der Waals surface area contributed by atoms with E-state index in [-0.39, 0.29) is 6.03 Å². The molecule has 0 aromatic heterocycles. The van der Waals surface area contributed by atoms with Crippen LogP contribution in [0.3, 0.4) is 0 Å². The summed E-state index contributed by atoms with van der Waals surface area (Å²) in [5.74, 6) is 3.13. The van der Waals surface area contributed by atoms with Crippen LogP contribution in [-0.2, 0) is 0 Å². The summed E-state index contributed by atoms with van der Waals surface area (Å²) < 4.78 is 0. The molecule has 0 spiro atoms. The van der Waals surface area contributed by atoms with Gasteiger partial charge in [-0.25, -0.2) is 4.79 Å². The van der Waals surface area contributed by atoms with Crippen LogP contribution in [0.5, 0.6) is 0 Å².